The maximum absolute atomic E-state index is 5.89. The van der Waals surface area contributed by atoms with E-state index in [9.17, 15) is 0 Å². The van der Waals surface area contributed by atoms with Gasteiger partial charge in [-0.3, -0.25) is 0 Å². The van der Waals surface area contributed by atoms with Crippen molar-refractivity contribution in [2.45, 2.75) is 24.9 Å². The molecule has 0 aromatic carbocycles. The summed E-state index contributed by atoms with van der Waals surface area (Å²) in [6.45, 7) is 0. The second-order valence-electron chi connectivity index (χ2n) is 3.44. The largest absolute Gasteiger partial charge is 0.326 e. The highest BCUT2D eigenvalue weighted by Crippen LogP contribution is 2.34. The van der Waals surface area contributed by atoms with Gasteiger partial charge in [0.2, 0.25) is 0 Å². The van der Waals surface area contributed by atoms with Crippen molar-refractivity contribution in [2.24, 2.45) is 23.3 Å². The van der Waals surface area contributed by atoms with Gasteiger partial charge in [0.15, 0.2) is 0 Å². The predicted molar refractivity (Wildman–Crippen MR) is 55.8 cm³/mol. The van der Waals surface area contributed by atoms with Gasteiger partial charge in [0, 0.05) is 12.1 Å². The van der Waals surface area contributed by atoms with Crippen molar-refractivity contribution < 1.29 is 0 Å². The Bertz CT molecular complexity index is 154. The van der Waals surface area contributed by atoms with Gasteiger partial charge in [0.1, 0.15) is 0 Å². The fourth-order valence-corrected chi connectivity index (χ4v) is 2.08. The van der Waals surface area contributed by atoms with E-state index < -0.39 is 0 Å². The Kier molecular flexibility index (Phi) is 4.56. The second kappa shape index (κ2) is 4.47. The molecule has 12 heavy (non-hydrogen) atoms. The summed E-state index contributed by atoms with van der Waals surface area (Å²) < 4.78 is 0. The topological polar surface area (TPSA) is 52.0 Å². The Hall–Kier alpha value is 0.240. The summed E-state index contributed by atoms with van der Waals surface area (Å²) in [5.74, 6) is 1.14. The van der Waals surface area contributed by atoms with Gasteiger partial charge in [-0.2, -0.15) is 0 Å². The average Bonchev–Trinajstić information content (AvgIpc) is 2.00. The van der Waals surface area contributed by atoms with Crippen LogP contribution < -0.4 is 11.5 Å². The Labute approximate surface area is 85.6 Å². The van der Waals surface area contributed by atoms with Crippen LogP contribution in [0, 0.1) is 11.8 Å². The molecule has 3 aliphatic carbocycles. The van der Waals surface area contributed by atoms with Gasteiger partial charge in [-0.15, -0.1) is 24.8 Å². The second-order valence-corrected chi connectivity index (χ2v) is 3.44. The molecule has 72 valence electrons. The summed E-state index contributed by atoms with van der Waals surface area (Å²) in [4.78, 5) is 0. The minimum absolute atomic E-state index is 0. The van der Waals surface area contributed by atoms with E-state index in [0.717, 1.165) is 0 Å². The Balaban J connectivity index is 0.000000605. The van der Waals surface area contributed by atoms with E-state index >= 15 is 0 Å². The van der Waals surface area contributed by atoms with E-state index in [1.807, 2.05) is 0 Å². The summed E-state index contributed by atoms with van der Waals surface area (Å²) in [7, 11) is 0. The van der Waals surface area contributed by atoms with Crippen LogP contribution in [0.1, 0.15) is 12.8 Å². The first-order valence-corrected chi connectivity index (χ1v) is 3.98. The fraction of sp³-hybridized carbons (Fsp3) is 0.750. The lowest BCUT2D eigenvalue weighted by molar-refractivity contribution is 0.244. The summed E-state index contributed by atoms with van der Waals surface area (Å²) >= 11 is 0. The smallest absolute Gasteiger partial charge is 0.0261 e. The van der Waals surface area contributed by atoms with Gasteiger partial charge in [-0.1, -0.05) is 12.2 Å². The maximum Gasteiger partial charge on any atom is 0.0261 e. The molecule has 0 amide bonds. The van der Waals surface area contributed by atoms with E-state index in [4.69, 9.17) is 11.5 Å². The Morgan fingerprint density at radius 2 is 1.17 bits per heavy atom. The molecular weight excluding hydrogens is 195 g/mol. The van der Waals surface area contributed by atoms with Crippen LogP contribution in [0.2, 0.25) is 0 Å². The highest BCUT2D eigenvalue weighted by Gasteiger charge is 2.35. The normalized spacial score (nSPS) is 43.2. The molecule has 1 saturated carbocycles. The van der Waals surface area contributed by atoms with Gasteiger partial charge in [0.05, 0.1) is 0 Å². The fourth-order valence-electron chi connectivity index (χ4n) is 2.08. The molecule has 0 aliphatic heterocycles. The van der Waals surface area contributed by atoms with Gasteiger partial charge in [-0.25, -0.2) is 0 Å². The maximum atomic E-state index is 5.89. The first-order valence-electron chi connectivity index (χ1n) is 3.98. The molecule has 4 heteroatoms. The molecule has 3 aliphatic rings. The lowest BCUT2D eigenvalue weighted by atomic mass is 9.70. The molecular formula is C8H16Cl2N2. The van der Waals surface area contributed by atoms with E-state index in [1.54, 1.807) is 0 Å². The molecule has 2 unspecified atom stereocenters. The molecule has 4 N–H and O–H groups in total. The summed E-state index contributed by atoms with van der Waals surface area (Å²) in [6.07, 6.45) is 6.97. The minimum atomic E-state index is 0. The number of rotatable bonds is 0. The van der Waals surface area contributed by atoms with Crippen molar-refractivity contribution in [1.82, 2.24) is 0 Å². The third kappa shape index (κ3) is 1.77. The van der Waals surface area contributed by atoms with Gasteiger partial charge in [0.25, 0.3) is 0 Å². The molecule has 0 spiro atoms. The van der Waals surface area contributed by atoms with Crippen LogP contribution in [-0.4, -0.2) is 12.1 Å². The van der Waals surface area contributed by atoms with Crippen molar-refractivity contribution in [3.05, 3.63) is 12.2 Å². The Morgan fingerprint density at radius 3 is 1.33 bits per heavy atom. The molecule has 4 atom stereocenters. The van der Waals surface area contributed by atoms with E-state index in [-0.39, 0.29) is 36.9 Å². The zero-order valence-corrected chi connectivity index (χ0v) is 8.48. The van der Waals surface area contributed by atoms with Crippen molar-refractivity contribution in [3.63, 3.8) is 0 Å². The average molecular weight is 211 g/mol. The van der Waals surface area contributed by atoms with Crippen LogP contribution in [0.15, 0.2) is 12.2 Å². The van der Waals surface area contributed by atoms with Crippen LogP contribution in [0.5, 0.6) is 0 Å². The zero-order valence-electron chi connectivity index (χ0n) is 6.85. The highest BCUT2D eigenvalue weighted by atomic mass is 35.5. The highest BCUT2D eigenvalue weighted by molar-refractivity contribution is 5.85. The standard InChI is InChI=1S/C8H14N2.2ClH/c9-7-5-1-2-6(4-3-5)8(7)10;;/h1-2,5-8H,3-4,9-10H2;2*1H/t5-,6?,7+,8?;;/m0../s1. The number of nitrogens with two attached hydrogens (primary N) is 2. The van der Waals surface area contributed by atoms with Crippen LogP contribution in [0.25, 0.3) is 0 Å². The summed E-state index contributed by atoms with van der Waals surface area (Å²) in [5.41, 5.74) is 11.8. The Morgan fingerprint density at radius 1 is 0.833 bits per heavy atom. The molecule has 0 saturated heterocycles. The van der Waals surface area contributed by atoms with Crippen molar-refractivity contribution in [2.75, 3.05) is 0 Å². The summed E-state index contributed by atoms with van der Waals surface area (Å²) in [6, 6.07) is 0.451. The van der Waals surface area contributed by atoms with Gasteiger partial charge >= 0.3 is 0 Å². The van der Waals surface area contributed by atoms with Gasteiger partial charge < -0.3 is 11.5 Å². The first-order chi connectivity index (χ1) is 4.79. The van der Waals surface area contributed by atoms with Crippen molar-refractivity contribution in [1.29, 1.82) is 0 Å². The third-order valence-corrected chi connectivity index (χ3v) is 2.87. The van der Waals surface area contributed by atoms with E-state index in [1.165, 1.54) is 12.8 Å². The minimum Gasteiger partial charge on any atom is -0.326 e. The van der Waals surface area contributed by atoms with Gasteiger partial charge in [-0.05, 0) is 24.7 Å². The van der Waals surface area contributed by atoms with Crippen LogP contribution in [-0.2, 0) is 0 Å². The molecule has 1 fully saturated rings. The SMILES string of the molecule is Cl.Cl.NC1C2C=C[C@@H](CC2)[C@H]1N. The zero-order chi connectivity index (χ0) is 7.14. The first kappa shape index (κ1) is 12.2. The molecule has 0 aromatic heterocycles. The van der Waals surface area contributed by atoms with Crippen molar-refractivity contribution in [3.8, 4) is 0 Å². The number of fused-ring (bicyclic) bond motifs is 2. The molecule has 2 bridgehead atoms. The van der Waals surface area contributed by atoms with Crippen molar-refractivity contribution >= 4 is 24.8 Å². The molecule has 0 radical (unpaired) electrons. The summed E-state index contributed by atoms with van der Waals surface area (Å²) in [5, 5.41) is 0. The molecule has 3 rings (SSSR count). The van der Waals surface area contributed by atoms with E-state index in [0.29, 0.717) is 11.8 Å². The molecule has 0 aromatic rings. The third-order valence-electron chi connectivity index (χ3n) is 2.87. The quantitative estimate of drug-likeness (QED) is 0.589. The monoisotopic (exact) mass is 210 g/mol. The van der Waals surface area contributed by atoms with Crippen LogP contribution >= 0.6 is 24.8 Å². The number of hydrogen-bond donors (Lipinski definition) is 2. The molecule has 0 heterocycles. The lowest BCUT2D eigenvalue weighted by Crippen LogP contribution is -2.55. The number of halogens is 2. The van der Waals surface area contributed by atoms with E-state index in [2.05, 4.69) is 12.2 Å². The molecule has 2 nitrogen and oxygen atoms in total. The number of hydrogen-bond acceptors (Lipinski definition) is 2. The van der Waals surface area contributed by atoms with Crippen LogP contribution in [0.4, 0.5) is 0 Å². The lowest BCUT2D eigenvalue weighted by Gasteiger charge is -2.41. The van der Waals surface area contributed by atoms with Crippen LogP contribution in [0.3, 0.4) is 0 Å². The predicted octanol–water partition coefficient (Wildman–Crippen LogP) is 1.08.